The molecule has 1 aromatic carbocycles. The average Bonchev–Trinajstić information content (AvgIpc) is 2.58. The van der Waals surface area contributed by atoms with E-state index < -0.39 is 0 Å². The summed E-state index contributed by atoms with van der Waals surface area (Å²) in [5.41, 5.74) is 2.79. The first-order chi connectivity index (χ1) is 11.3. The molecule has 0 spiro atoms. The summed E-state index contributed by atoms with van der Waals surface area (Å²) in [5, 5.41) is 4.03. The molecule has 0 bridgehead atoms. The third kappa shape index (κ3) is 4.30. The summed E-state index contributed by atoms with van der Waals surface area (Å²) in [6.07, 6.45) is 9.95. The molecule has 2 N–H and O–H groups in total. The van der Waals surface area contributed by atoms with Crippen molar-refractivity contribution in [3.63, 3.8) is 0 Å². The predicted molar refractivity (Wildman–Crippen MR) is 100 cm³/mol. The molecule has 1 aliphatic carbocycles. The van der Waals surface area contributed by atoms with Gasteiger partial charge in [-0.2, -0.15) is 0 Å². The van der Waals surface area contributed by atoms with E-state index in [1.54, 1.807) is 18.1 Å². The molecule has 3 rings (SSSR count). The molecular formula is C17H21ClN4S. The highest BCUT2D eigenvalue weighted by Gasteiger charge is 2.15. The number of benzene rings is 1. The Balaban J connectivity index is 1.83. The lowest BCUT2D eigenvalue weighted by Gasteiger charge is -2.22. The molecule has 122 valence electrons. The molecule has 1 heterocycles. The Morgan fingerprint density at radius 1 is 1.22 bits per heavy atom. The quantitative estimate of drug-likeness (QED) is 0.724. The van der Waals surface area contributed by atoms with Crippen molar-refractivity contribution in [1.29, 1.82) is 0 Å². The van der Waals surface area contributed by atoms with Gasteiger partial charge in [0.05, 0.1) is 16.9 Å². The second-order valence-electron chi connectivity index (χ2n) is 5.76. The minimum absolute atomic E-state index is 0.474. The van der Waals surface area contributed by atoms with Gasteiger partial charge in [-0.3, -0.25) is 0 Å². The molecule has 0 atom stereocenters. The van der Waals surface area contributed by atoms with Crippen LogP contribution in [0.2, 0.25) is 5.02 Å². The van der Waals surface area contributed by atoms with Crippen molar-refractivity contribution in [2.75, 3.05) is 16.3 Å². The van der Waals surface area contributed by atoms with E-state index in [4.69, 9.17) is 11.6 Å². The van der Waals surface area contributed by atoms with Gasteiger partial charge in [0.25, 0.3) is 0 Å². The normalized spacial score (nSPS) is 15.4. The van der Waals surface area contributed by atoms with Gasteiger partial charge in [-0.1, -0.05) is 54.9 Å². The Morgan fingerprint density at radius 2 is 2.04 bits per heavy atom. The van der Waals surface area contributed by atoms with E-state index in [2.05, 4.69) is 26.1 Å². The van der Waals surface area contributed by atoms with E-state index in [-0.39, 0.29) is 0 Å². The van der Waals surface area contributed by atoms with Crippen LogP contribution in [0, 0.1) is 0 Å². The number of hydrogen-bond acceptors (Lipinski definition) is 5. The minimum atomic E-state index is 0.474. The number of rotatable bonds is 5. The Kier molecular flexibility index (Phi) is 5.62. The maximum Gasteiger partial charge on any atom is 0.223 e. The molecule has 1 fully saturated rings. The monoisotopic (exact) mass is 348 g/mol. The van der Waals surface area contributed by atoms with E-state index in [0.29, 0.717) is 17.0 Å². The minimum Gasteiger partial charge on any atom is -0.351 e. The van der Waals surface area contributed by atoms with Crippen molar-refractivity contribution < 1.29 is 0 Å². The highest BCUT2D eigenvalue weighted by atomic mass is 35.5. The maximum atomic E-state index is 6.32. The van der Waals surface area contributed by atoms with Crippen molar-refractivity contribution in [3.05, 3.63) is 35.5 Å². The number of aromatic nitrogens is 2. The van der Waals surface area contributed by atoms with E-state index in [1.807, 2.05) is 24.5 Å². The summed E-state index contributed by atoms with van der Waals surface area (Å²) < 4.78 is 3.23. The molecule has 6 heteroatoms. The molecule has 0 amide bonds. The van der Waals surface area contributed by atoms with Crippen LogP contribution in [-0.4, -0.2) is 22.3 Å². The van der Waals surface area contributed by atoms with Crippen molar-refractivity contribution >= 4 is 35.2 Å². The van der Waals surface area contributed by atoms with Gasteiger partial charge >= 0.3 is 0 Å². The van der Waals surface area contributed by atoms with Crippen molar-refractivity contribution in [3.8, 4) is 11.3 Å². The van der Waals surface area contributed by atoms with Crippen molar-refractivity contribution in [2.45, 2.75) is 38.1 Å². The van der Waals surface area contributed by atoms with Crippen LogP contribution in [0.5, 0.6) is 0 Å². The molecule has 0 radical (unpaired) electrons. The predicted octanol–water partition coefficient (Wildman–Crippen LogP) is 5.23. The van der Waals surface area contributed by atoms with Crippen molar-refractivity contribution in [1.82, 2.24) is 9.97 Å². The van der Waals surface area contributed by atoms with Crippen LogP contribution in [0.4, 0.5) is 11.6 Å². The largest absolute Gasteiger partial charge is 0.351 e. The summed E-state index contributed by atoms with van der Waals surface area (Å²) in [7, 11) is 0. The van der Waals surface area contributed by atoms with E-state index in [9.17, 15) is 0 Å². The molecule has 23 heavy (non-hydrogen) atoms. The van der Waals surface area contributed by atoms with Gasteiger partial charge in [-0.15, -0.1) is 0 Å². The van der Waals surface area contributed by atoms with Crippen LogP contribution in [0.3, 0.4) is 0 Å². The molecule has 1 saturated carbocycles. The zero-order chi connectivity index (χ0) is 16.1. The van der Waals surface area contributed by atoms with Crippen LogP contribution < -0.4 is 10.0 Å². The molecule has 0 saturated heterocycles. The van der Waals surface area contributed by atoms with Crippen LogP contribution in [0.25, 0.3) is 11.3 Å². The van der Waals surface area contributed by atoms with Gasteiger partial charge in [0.1, 0.15) is 0 Å². The molecule has 4 nitrogen and oxygen atoms in total. The Labute approximate surface area is 146 Å². The fraction of sp³-hybridized carbons (Fsp3) is 0.412. The third-order valence-corrected chi connectivity index (χ3v) is 4.75. The van der Waals surface area contributed by atoms with Crippen LogP contribution in [-0.2, 0) is 0 Å². The SMILES string of the molecule is CSNc1cccc(-c2nc(NC3CCCCC3)ncc2Cl)c1. The second-order valence-corrected chi connectivity index (χ2v) is 6.78. The van der Waals surface area contributed by atoms with Gasteiger partial charge < -0.3 is 10.0 Å². The van der Waals surface area contributed by atoms with E-state index in [1.165, 1.54) is 32.1 Å². The first-order valence-electron chi connectivity index (χ1n) is 7.95. The van der Waals surface area contributed by atoms with Gasteiger partial charge in [0, 0.05) is 23.5 Å². The highest BCUT2D eigenvalue weighted by Crippen LogP contribution is 2.29. The number of halogens is 1. The number of nitrogens with zero attached hydrogens (tertiary/aromatic N) is 2. The Hall–Kier alpha value is -1.46. The lowest BCUT2D eigenvalue weighted by Crippen LogP contribution is -2.23. The molecule has 1 aliphatic rings. The van der Waals surface area contributed by atoms with Gasteiger partial charge in [-0.25, -0.2) is 9.97 Å². The highest BCUT2D eigenvalue weighted by molar-refractivity contribution is 7.99. The van der Waals surface area contributed by atoms with Crippen LogP contribution >= 0.6 is 23.5 Å². The number of nitrogens with one attached hydrogen (secondary N) is 2. The fourth-order valence-electron chi connectivity index (χ4n) is 2.92. The van der Waals surface area contributed by atoms with Crippen LogP contribution in [0.15, 0.2) is 30.5 Å². The van der Waals surface area contributed by atoms with Gasteiger partial charge in [-0.05, 0) is 25.0 Å². The topological polar surface area (TPSA) is 49.8 Å². The number of anilines is 2. The summed E-state index contributed by atoms with van der Waals surface area (Å²) in [6.45, 7) is 0. The summed E-state index contributed by atoms with van der Waals surface area (Å²) in [6, 6.07) is 8.57. The lowest BCUT2D eigenvalue weighted by molar-refractivity contribution is 0.461. The van der Waals surface area contributed by atoms with Crippen LogP contribution in [0.1, 0.15) is 32.1 Å². The molecule has 0 unspecified atom stereocenters. The molecule has 2 aromatic rings. The Bertz CT molecular complexity index is 659. The van der Waals surface area contributed by atoms with E-state index >= 15 is 0 Å². The lowest BCUT2D eigenvalue weighted by atomic mass is 9.96. The third-order valence-electron chi connectivity index (χ3n) is 4.04. The standard InChI is InChI=1S/C17H21ClN4S/c1-23-22-14-9-5-6-12(10-14)16-15(18)11-19-17(21-16)20-13-7-3-2-4-8-13/h5-6,9-11,13,22H,2-4,7-8H2,1H3,(H,19,20,21). The maximum absolute atomic E-state index is 6.32. The smallest absolute Gasteiger partial charge is 0.223 e. The van der Waals surface area contributed by atoms with Crippen molar-refractivity contribution in [2.24, 2.45) is 0 Å². The zero-order valence-corrected chi connectivity index (χ0v) is 14.8. The van der Waals surface area contributed by atoms with E-state index in [0.717, 1.165) is 16.9 Å². The zero-order valence-electron chi connectivity index (χ0n) is 13.2. The first-order valence-corrected chi connectivity index (χ1v) is 9.55. The summed E-state index contributed by atoms with van der Waals surface area (Å²) in [4.78, 5) is 8.99. The fourth-order valence-corrected chi connectivity index (χ4v) is 3.48. The van der Waals surface area contributed by atoms with Gasteiger partial charge in [0.15, 0.2) is 0 Å². The number of hydrogen-bond donors (Lipinski definition) is 2. The van der Waals surface area contributed by atoms with Gasteiger partial charge in [0.2, 0.25) is 5.95 Å². The molecule has 1 aromatic heterocycles. The second kappa shape index (κ2) is 7.88. The average molecular weight is 349 g/mol. The summed E-state index contributed by atoms with van der Waals surface area (Å²) >= 11 is 7.89. The summed E-state index contributed by atoms with van der Waals surface area (Å²) in [5.74, 6) is 0.666. The first kappa shape index (κ1) is 16.4. The molecular weight excluding hydrogens is 328 g/mol. The molecule has 0 aliphatic heterocycles. The Morgan fingerprint density at radius 3 is 2.83 bits per heavy atom.